The van der Waals surface area contributed by atoms with Crippen LogP contribution >= 0.6 is 23.4 Å². The van der Waals surface area contributed by atoms with Crippen LogP contribution in [0.2, 0.25) is 0 Å². The molecule has 0 aliphatic carbocycles. The van der Waals surface area contributed by atoms with E-state index in [1.165, 1.54) is 48.8 Å². The number of alkyl halides is 1. The lowest BCUT2D eigenvalue weighted by Gasteiger charge is -2.29. The minimum absolute atomic E-state index is 0.121. The maximum Gasteiger partial charge on any atom is 0.255 e. The third-order valence-corrected chi connectivity index (χ3v) is 12.8. The lowest BCUT2D eigenvalue weighted by molar-refractivity contribution is -0.137. The smallest absolute Gasteiger partial charge is 0.255 e. The number of hydrogen-bond donors (Lipinski definition) is 1. The molecular formula is C50H58ClN3O5S. The van der Waals surface area contributed by atoms with Gasteiger partial charge in [-0.3, -0.25) is 24.5 Å². The van der Waals surface area contributed by atoms with Crippen molar-refractivity contribution in [3.63, 3.8) is 0 Å². The molecule has 0 spiro atoms. The molecule has 4 amide bonds. The molecule has 0 radical (unpaired) electrons. The van der Waals surface area contributed by atoms with Gasteiger partial charge in [0.15, 0.2) is 0 Å². The Bertz CT molecular complexity index is 2070. The first kappa shape index (κ1) is 44.7. The van der Waals surface area contributed by atoms with E-state index < -0.39 is 6.04 Å². The Morgan fingerprint density at radius 2 is 1.40 bits per heavy atom. The number of halogens is 1. The van der Waals surface area contributed by atoms with Crippen molar-refractivity contribution < 1.29 is 23.9 Å². The number of nitrogens with one attached hydrogen (secondary N) is 1. The van der Waals surface area contributed by atoms with E-state index in [2.05, 4.69) is 72.0 Å². The Balaban J connectivity index is 0.818. The van der Waals surface area contributed by atoms with Gasteiger partial charge < -0.3 is 14.5 Å². The third-order valence-electron chi connectivity index (χ3n) is 11.4. The fourth-order valence-corrected chi connectivity index (χ4v) is 9.37. The molecule has 2 aliphatic heterocycles. The summed E-state index contributed by atoms with van der Waals surface area (Å²) >= 11 is 8.10. The van der Waals surface area contributed by atoms with Gasteiger partial charge in [-0.2, -0.15) is 0 Å². The van der Waals surface area contributed by atoms with Crippen molar-refractivity contribution >= 4 is 58.1 Å². The molecule has 1 fully saturated rings. The number of hydrogen-bond acceptors (Lipinski definition) is 6. The number of nitrogens with zero attached hydrogens (tertiary/aromatic N) is 2. The quantitative estimate of drug-likeness (QED) is 0.0263. The van der Waals surface area contributed by atoms with Crippen molar-refractivity contribution in [3.05, 3.63) is 131 Å². The van der Waals surface area contributed by atoms with Crippen molar-refractivity contribution in [2.45, 2.75) is 101 Å². The number of fused-ring (bicyclic) bond motifs is 1. The number of amides is 4. The SMILES string of the molecule is CN(CCOc1ccc(/C(=C(/CCCl)c2ccccc2)c2ccccc2)cc1)C(=O)CCCCCCCCCCCSc1cccc2c1CN(C1CCC(=O)NC1=O)C2=O. The van der Waals surface area contributed by atoms with Crippen LogP contribution in [0.1, 0.15) is 116 Å². The van der Waals surface area contributed by atoms with Gasteiger partial charge in [0.05, 0.1) is 6.54 Å². The Morgan fingerprint density at radius 3 is 2.07 bits per heavy atom. The van der Waals surface area contributed by atoms with E-state index in [1.807, 2.05) is 43.4 Å². The van der Waals surface area contributed by atoms with Crippen LogP contribution < -0.4 is 10.1 Å². The Labute approximate surface area is 365 Å². The zero-order chi connectivity index (χ0) is 42.1. The molecule has 316 valence electrons. The summed E-state index contributed by atoms with van der Waals surface area (Å²) in [6.07, 6.45) is 12.2. The highest BCUT2D eigenvalue weighted by Gasteiger charge is 2.39. The maximum atomic E-state index is 13.1. The van der Waals surface area contributed by atoms with Gasteiger partial charge in [0.2, 0.25) is 17.7 Å². The van der Waals surface area contributed by atoms with Gasteiger partial charge in [-0.1, -0.05) is 124 Å². The largest absolute Gasteiger partial charge is 0.492 e. The number of rotatable bonds is 23. The highest BCUT2D eigenvalue weighted by molar-refractivity contribution is 7.99. The Morgan fingerprint density at radius 1 is 0.767 bits per heavy atom. The van der Waals surface area contributed by atoms with Crippen LogP contribution in [0.5, 0.6) is 5.75 Å². The lowest BCUT2D eigenvalue weighted by atomic mass is 9.88. The molecule has 10 heteroatoms. The summed E-state index contributed by atoms with van der Waals surface area (Å²) in [5.41, 5.74) is 7.46. The first-order chi connectivity index (χ1) is 29.3. The van der Waals surface area contributed by atoms with Crippen LogP contribution in [0.25, 0.3) is 11.1 Å². The Kier molecular flexibility index (Phi) is 17.3. The number of carbonyl (C=O) groups excluding carboxylic acids is 4. The van der Waals surface area contributed by atoms with Crippen molar-refractivity contribution in [2.24, 2.45) is 0 Å². The average Bonchev–Trinajstić information content (AvgIpc) is 3.60. The minimum atomic E-state index is -0.585. The summed E-state index contributed by atoms with van der Waals surface area (Å²) in [5, 5.41) is 2.38. The molecule has 2 aliphatic rings. The predicted octanol–water partition coefficient (Wildman–Crippen LogP) is 10.6. The zero-order valence-corrected chi connectivity index (χ0v) is 36.4. The van der Waals surface area contributed by atoms with Crippen LogP contribution in [0.15, 0.2) is 108 Å². The molecule has 1 saturated heterocycles. The molecule has 60 heavy (non-hydrogen) atoms. The molecular weight excluding hydrogens is 790 g/mol. The third kappa shape index (κ3) is 12.4. The molecule has 1 atom stereocenters. The fourth-order valence-electron chi connectivity index (χ4n) is 8.09. The molecule has 4 aromatic carbocycles. The van der Waals surface area contributed by atoms with E-state index in [1.54, 1.807) is 21.6 Å². The van der Waals surface area contributed by atoms with Crippen LogP contribution in [-0.2, 0) is 20.9 Å². The maximum absolute atomic E-state index is 13.1. The number of unbranched alkanes of at least 4 members (excludes halogenated alkanes) is 8. The molecule has 2 heterocycles. The van der Waals surface area contributed by atoms with Gasteiger partial charge in [0, 0.05) is 42.8 Å². The van der Waals surface area contributed by atoms with E-state index in [0.717, 1.165) is 65.2 Å². The number of carbonyl (C=O) groups is 4. The second kappa shape index (κ2) is 23.2. The number of piperidine rings is 1. The van der Waals surface area contributed by atoms with E-state index in [4.69, 9.17) is 16.3 Å². The molecule has 8 nitrogen and oxygen atoms in total. The van der Waals surface area contributed by atoms with Crippen molar-refractivity contribution in [1.29, 1.82) is 0 Å². The van der Waals surface area contributed by atoms with Gasteiger partial charge in [-0.05, 0) is 89.1 Å². The number of benzene rings is 4. The van der Waals surface area contributed by atoms with Crippen molar-refractivity contribution in [1.82, 2.24) is 15.1 Å². The van der Waals surface area contributed by atoms with E-state index in [-0.39, 0.29) is 30.0 Å². The number of likely N-dealkylation sites (N-methyl/N-ethyl adjacent to an activating group) is 1. The standard InChI is InChI=1S/C50H58ClN3O5S/c1-53(33-34-59-40-27-25-39(26-28-40)48(38-20-13-10-14-21-38)41(31-32-51)37-18-11-9-12-19-37)47(56)24-15-7-5-3-2-4-6-8-16-35-60-45-23-17-22-42-43(45)36-54(50(42)58)44-29-30-46(55)52-49(44)57/h9-14,17-23,25-28,44H,2-8,15-16,24,29-36H2,1H3,(H,52,55,57)/b48-41-. The first-order valence-corrected chi connectivity index (χ1v) is 23.1. The highest BCUT2D eigenvalue weighted by atomic mass is 35.5. The molecule has 6 rings (SSSR count). The summed E-state index contributed by atoms with van der Waals surface area (Å²) in [5.74, 6) is 1.69. The second-order valence-corrected chi connectivity index (χ2v) is 17.2. The topological polar surface area (TPSA) is 96.0 Å². The number of imide groups is 1. The summed E-state index contributed by atoms with van der Waals surface area (Å²) in [6.45, 7) is 1.39. The monoisotopic (exact) mass is 847 g/mol. The van der Waals surface area contributed by atoms with Gasteiger partial charge >= 0.3 is 0 Å². The zero-order valence-electron chi connectivity index (χ0n) is 34.8. The molecule has 1 N–H and O–H groups in total. The number of allylic oxidation sites excluding steroid dienone is 1. The van der Waals surface area contributed by atoms with E-state index in [9.17, 15) is 19.2 Å². The van der Waals surface area contributed by atoms with Gasteiger partial charge in [0.25, 0.3) is 5.91 Å². The minimum Gasteiger partial charge on any atom is -0.492 e. The summed E-state index contributed by atoms with van der Waals surface area (Å²) in [4.78, 5) is 54.4. The number of thioether (sulfide) groups is 1. The molecule has 0 aromatic heterocycles. The van der Waals surface area contributed by atoms with Gasteiger partial charge in [0.1, 0.15) is 18.4 Å². The Hall–Kier alpha value is -4.86. The summed E-state index contributed by atoms with van der Waals surface area (Å²) in [7, 11) is 1.86. The normalized spacial score (nSPS) is 15.4. The molecule has 4 aromatic rings. The number of ether oxygens (including phenoxy) is 1. The average molecular weight is 849 g/mol. The van der Waals surface area contributed by atoms with E-state index >= 15 is 0 Å². The van der Waals surface area contributed by atoms with Crippen molar-refractivity contribution in [2.75, 3.05) is 31.8 Å². The fraction of sp³-hybridized carbons (Fsp3) is 0.400. The van der Waals surface area contributed by atoms with Gasteiger partial charge in [-0.15, -0.1) is 23.4 Å². The van der Waals surface area contributed by atoms with Gasteiger partial charge in [-0.25, -0.2) is 0 Å². The predicted molar refractivity (Wildman–Crippen MR) is 243 cm³/mol. The van der Waals surface area contributed by atoms with Crippen LogP contribution in [-0.4, -0.2) is 71.3 Å². The lowest BCUT2D eigenvalue weighted by Crippen LogP contribution is -2.52. The van der Waals surface area contributed by atoms with Crippen LogP contribution in [0, 0.1) is 0 Å². The highest BCUT2D eigenvalue weighted by Crippen LogP contribution is 2.36. The summed E-state index contributed by atoms with van der Waals surface area (Å²) < 4.78 is 6.07. The summed E-state index contributed by atoms with van der Waals surface area (Å²) in [6, 6.07) is 34.3. The molecule has 1 unspecified atom stereocenters. The van der Waals surface area contributed by atoms with Crippen molar-refractivity contribution in [3.8, 4) is 5.75 Å². The molecule has 0 saturated carbocycles. The molecule has 0 bridgehead atoms. The van der Waals surface area contributed by atoms with Crippen LogP contribution in [0.4, 0.5) is 0 Å². The van der Waals surface area contributed by atoms with Crippen LogP contribution in [0.3, 0.4) is 0 Å². The first-order valence-electron chi connectivity index (χ1n) is 21.6. The second-order valence-electron chi connectivity index (χ2n) is 15.7. The van der Waals surface area contributed by atoms with E-state index in [0.29, 0.717) is 44.0 Å².